The van der Waals surface area contributed by atoms with E-state index in [0.717, 1.165) is 51.4 Å². The maximum atomic E-state index is 2.78. The first kappa shape index (κ1) is 87.5. The van der Waals surface area contributed by atoms with Crippen molar-refractivity contribution in [3.63, 3.8) is 0 Å². The highest BCUT2D eigenvalue weighted by atomic mass is 15.3. The number of fused-ring (bicyclic) bond motifs is 18. The SMILES string of the molecule is CC1(C)CC(C)(C)C2(C)c3cc(-c4ccc5c6c(-c7ccccc7)c7c8ccc(-c9ccc%10c(c9)C9(C)C(C)(C)CC(C)(C)CC9(C)N%10c9ccccc9)c9c(-c%10ccc%11c(c%10)C%10(C)C(C)(C)CC(C)(C)CC%10(C)N%11c%10ccccc%10)ccc(c7c(-c7ccccc7)c6c6ccc(-c7ccc%10c(c7)C7(C)C(C)(C)CC(C)(C)CC7(C)N%10c7ccccc7)c4c56)c98)ccc3N(c3ccccc3)C2(C)C1. The summed E-state index contributed by atoms with van der Waals surface area (Å²) < 4.78 is 0. The van der Waals surface area contributed by atoms with Crippen molar-refractivity contribution in [2.75, 3.05) is 19.6 Å². The van der Waals surface area contributed by atoms with Crippen LogP contribution < -0.4 is 19.6 Å². The molecule has 694 valence electrons. The lowest BCUT2D eigenvalue weighted by Crippen LogP contribution is -2.65. The second-order valence-corrected chi connectivity index (χ2v) is 51.9. The predicted molar refractivity (Wildman–Crippen MR) is 591 cm³/mol. The smallest absolute Gasteiger partial charge is 0.0528 e. The molecule has 4 aliphatic heterocycles. The van der Waals surface area contributed by atoms with Crippen LogP contribution in [0, 0.1) is 43.3 Å². The molecule has 8 aliphatic rings. The van der Waals surface area contributed by atoms with Crippen molar-refractivity contribution >= 4 is 110 Å². The normalized spacial score (nSPS) is 27.2. The van der Waals surface area contributed by atoms with Gasteiger partial charge in [0, 0.05) is 67.2 Å². The minimum absolute atomic E-state index is 0.0793. The van der Waals surface area contributed by atoms with Gasteiger partial charge in [-0.3, -0.25) is 0 Å². The summed E-state index contributed by atoms with van der Waals surface area (Å²) in [7, 11) is 0. The highest BCUT2D eigenvalue weighted by Gasteiger charge is 2.72. The molecule has 17 aromatic rings. The topological polar surface area (TPSA) is 13.0 Å². The second-order valence-electron chi connectivity index (χ2n) is 51.9. The minimum atomic E-state index is -0.249. The fourth-order valence-corrected chi connectivity index (χ4v) is 35.6. The van der Waals surface area contributed by atoms with E-state index in [-0.39, 0.29) is 87.1 Å². The molecule has 0 bridgehead atoms. The van der Waals surface area contributed by atoms with Gasteiger partial charge in [-0.25, -0.2) is 0 Å². The van der Waals surface area contributed by atoms with Crippen LogP contribution in [-0.4, -0.2) is 22.2 Å². The first-order chi connectivity index (χ1) is 65.3. The van der Waals surface area contributed by atoms with E-state index in [1.54, 1.807) is 0 Å². The number of benzene rings is 15. The Labute approximate surface area is 821 Å². The van der Waals surface area contributed by atoms with Gasteiger partial charge in [0.05, 0.1) is 22.2 Å². The van der Waals surface area contributed by atoms with E-state index in [0.29, 0.717) is 0 Å². The maximum absolute atomic E-state index is 2.78. The first-order valence-electron chi connectivity index (χ1n) is 51.9. The van der Waals surface area contributed by atoms with Gasteiger partial charge in [0.2, 0.25) is 0 Å². The lowest BCUT2D eigenvalue weighted by atomic mass is 9.45. The highest BCUT2D eigenvalue weighted by molar-refractivity contribution is 6.48. The Morgan fingerprint density at radius 1 is 0.174 bits per heavy atom. The average molecular weight is 1800 g/mol. The van der Waals surface area contributed by atoms with Crippen molar-refractivity contribution in [3.05, 3.63) is 326 Å². The van der Waals surface area contributed by atoms with E-state index in [1.165, 1.54) is 199 Å². The molecule has 4 fully saturated rings. The van der Waals surface area contributed by atoms with Crippen molar-refractivity contribution in [2.24, 2.45) is 43.3 Å². The summed E-state index contributed by atoms with van der Waals surface area (Å²) in [5, 5.41) is 15.7. The molecule has 8 atom stereocenters. The van der Waals surface area contributed by atoms with Crippen molar-refractivity contribution in [1.82, 2.24) is 0 Å². The van der Waals surface area contributed by atoms with Crippen molar-refractivity contribution < 1.29 is 0 Å². The van der Waals surface area contributed by atoms with Crippen LogP contribution in [0.25, 0.3) is 131 Å². The molecule has 4 heterocycles. The lowest BCUT2D eigenvalue weighted by molar-refractivity contribution is -0.0239. The monoisotopic (exact) mass is 1800 g/mol. The second kappa shape index (κ2) is 28.0. The van der Waals surface area contributed by atoms with Gasteiger partial charge in [-0.15, -0.1) is 0 Å². The minimum Gasteiger partial charge on any atom is -0.334 e. The van der Waals surface area contributed by atoms with Crippen LogP contribution in [0.5, 0.6) is 0 Å². The van der Waals surface area contributed by atoms with E-state index in [9.17, 15) is 0 Å². The van der Waals surface area contributed by atoms with Crippen LogP contribution >= 0.6 is 0 Å². The van der Waals surface area contributed by atoms with Crippen molar-refractivity contribution in [3.8, 4) is 66.8 Å². The summed E-state index contributed by atoms with van der Waals surface area (Å²) in [6, 6.07) is 121. The van der Waals surface area contributed by atoms with Gasteiger partial charge < -0.3 is 19.6 Å². The molecular formula is C134H138N4. The van der Waals surface area contributed by atoms with Gasteiger partial charge in [0.15, 0.2) is 0 Å². The van der Waals surface area contributed by atoms with Gasteiger partial charge in [-0.05, 0) is 373 Å². The maximum Gasteiger partial charge on any atom is 0.0528 e. The van der Waals surface area contributed by atoms with Crippen LogP contribution in [0.3, 0.4) is 0 Å². The first-order valence-corrected chi connectivity index (χ1v) is 51.9. The molecule has 0 radical (unpaired) electrons. The number of nitrogens with zero attached hydrogens (tertiary/aromatic N) is 4. The summed E-state index contributed by atoms with van der Waals surface area (Å²) in [6.07, 6.45) is 8.72. The fourth-order valence-electron chi connectivity index (χ4n) is 35.6. The third-order valence-electron chi connectivity index (χ3n) is 40.1. The van der Waals surface area contributed by atoms with E-state index < -0.39 is 0 Å². The van der Waals surface area contributed by atoms with E-state index >= 15 is 0 Å². The predicted octanol–water partition coefficient (Wildman–Crippen LogP) is 37.5. The quantitative estimate of drug-likeness (QED) is 0.135. The third-order valence-corrected chi connectivity index (χ3v) is 40.1. The van der Waals surface area contributed by atoms with Crippen LogP contribution in [0.2, 0.25) is 0 Å². The Kier molecular flexibility index (Phi) is 17.8. The summed E-state index contributed by atoms with van der Waals surface area (Å²) >= 11 is 0. The molecular weight excluding hydrogens is 1670 g/mol. The van der Waals surface area contributed by atoms with Crippen molar-refractivity contribution in [2.45, 2.75) is 261 Å². The molecule has 0 aromatic heterocycles. The van der Waals surface area contributed by atoms with Gasteiger partial charge in [-0.2, -0.15) is 0 Å². The van der Waals surface area contributed by atoms with E-state index in [2.05, 4.69) is 489 Å². The van der Waals surface area contributed by atoms with Crippen LogP contribution in [0.4, 0.5) is 45.5 Å². The number of hydrogen-bond donors (Lipinski definition) is 0. The van der Waals surface area contributed by atoms with Crippen LogP contribution in [0.1, 0.15) is 240 Å². The zero-order valence-corrected chi connectivity index (χ0v) is 86.3. The molecule has 4 aliphatic carbocycles. The van der Waals surface area contributed by atoms with Gasteiger partial charge in [0.1, 0.15) is 0 Å². The summed E-state index contributed by atoms with van der Waals surface area (Å²) in [5.74, 6) is 0. The molecule has 4 nitrogen and oxygen atoms in total. The molecule has 0 N–H and O–H groups in total. The zero-order chi connectivity index (χ0) is 96.1. The number of hydrogen-bond acceptors (Lipinski definition) is 4. The Balaban J connectivity index is 0.808. The number of anilines is 8. The summed E-state index contributed by atoms with van der Waals surface area (Å²) in [4.78, 5) is 11.1. The molecule has 17 aromatic carbocycles. The Morgan fingerprint density at radius 2 is 0.370 bits per heavy atom. The van der Waals surface area contributed by atoms with Gasteiger partial charge in [-0.1, -0.05) is 345 Å². The molecule has 0 saturated heterocycles. The largest absolute Gasteiger partial charge is 0.334 e. The molecule has 4 heteroatoms. The number of rotatable bonds is 10. The Bertz CT molecular complexity index is 7080. The summed E-state index contributed by atoms with van der Waals surface area (Å²) in [5.41, 5.74) is 29.4. The molecule has 0 spiro atoms. The molecule has 8 unspecified atom stereocenters. The van der Waals surface area contributed by atoms with Gasteiger partial charge >= 0.3 is 0 Å². The summed E-state index contributed by atoms with van der Waals surface area (Å²) in [6.45, 7) is 62.1. The molecule has 4 saturated carbocycles. The van der Waals surface area contributed by atoms with Gasteiger partial charge in [0.25, 0.3) is 0 Å². The average Bonchev–Trinajstić information content (AvgIpc) is 1.53. The van der Waals surface area contributed by atoms with Crippen LogP contribution in [0.15, 0.2) is 303 Å². The Morgan fingerprint density at radius 3 is 0.572 bits per heavy atom. The molecule has 25 rings (SSSR count). The fraction of sp³-hybridized carbons (Fsp3) is 0.358. The standard InChI is InChI=1S/C134H138N4/c1-119(2)75-123(9,10)131(21)101-71-85(55-67-105(101)135(127(131,17)79-119)89-47-35-27-36-48-89)93-59-63-97-113-98(64-60-94(111(93)113)86-56-68-106-102(72-86)132(22)124(11,12)76-120(3,4)80-128(132,18)136(106)90-49-37-28-38-50-90)116-110(84-45-33-26-34-46-84)118-100-66-62-96(88-58-70-108-104(74-88)134(24)126(15,16)78-122(7,8)82-130(134,20)138(108)92-53-41-30-42-54-92)112-95(61-65-99(114(100)112)117(118)109(115(97)116)83-43-31-25-32-44-83)87-57-69-107-103(73-87)133(23)125(13,14)77-121(5,6)81-129(133,19)137(107)91-51-39-29-40-52-91/h25-74H,75-82H2,1-24H3. The number of para-hydroxylation sites is 4. The lowest BCUT2D eigenvalue weighted by Gasteiger charge is -2.62. The van der Waals surface area contributed by atoms with Crippen LogP contribution in [-0.2, 0) is 21.7 Å². The Hall–Kier alpha value is -12.0. The zero-order valence-electron chi connectivity index (χ0n) is 86.3. The van der Waals surface area contributed by atoms with E-state index in [4.69, 9.17) is 0 Å². The van der Waals surface area contributed by atoms with Crippen molar-refractivity contribution in [1.29, 1.82) is 0 Å². The van der Waals surface area contributed by atoms with E-state index in [1.807, 2.05) is 0 Å². The molecule has 138 heavy (non-hydrogen) atoms. The third kappa shape index (κ3) is 11.1. The highest BCUT2D eigenvalue weighted by Crippen LogP contribution is 2.77. The molecule has 0 amide bonds.